The van der Waals surface area contributed by atoms with Crippen LogP contribution in [0.15, 0.2) is 48.5 Å². The SMILES string of the molecule is Cc1cc(C(=O)N(C)C(Cc2ccccc2)C(=O)O)ccc1NC(=O)CC(C)C. The normalized spacial score (nSPS) is 11.8. The van der Waals surface area contributed by atoms with E-state index in [1.807, 2.05) is 44.2 Å². The van der Waals surface area contributed by atoms with Crippen LogP contribution in [0, 0.1) is 12.8 Å². The summed E-state index contributed by atoms with van der Waals surface area (Å²) in [5.74, 6) is -1.26. The van der Waals surface area contributed by atoms with Crippen molar-refractivity contribution >= 4 is 23.5 Å². The number of anilines is 1. The number of hydrogen-bond donors (Lipinski definition) is 2. The number of nitrogens with one attached hydrogen (secondary N) is 1. The first-order valence-corrected chi connectivity index (χ1v) is 9.63. The van der Waals surface area contributed by atoms with Crippen LogP contribution < -0.4 is 5.32 Å². The minimum atomic E-state index is -1.06. The molecule has 0 fully saturated rings. The number of aliphatic carboxylic acids is 1. The predicted molar refractivity (Wildman–Crippen MR) is 113 cm³/mol. The summed E-state index contributed by atoms with van der Waals surface area (Å²) in [5, 5.41) is 12.5. The number of carbonyl (C=O) groups excluding carboxylic acids is 2. The van der Waals surface area contributed by atoms with Crippen molar-refractivity contribution in [1.29, 1.82) is 0 Å². The van der Waals surface area contributed by atoms with Crippen molar-refractivity contribution < 1.29 is 19.5 Å². The Bertz CT molecular complexity index is 878. The van der Waals surface area contributed by atoms with Crippen LogP contribution in [0.3, 0.4) is 0 Å². The van der Waals surface area contributed by atoms with E-state index in [4.69, 9.17) is 0 Å². The molecule has 0 saturated heterocycles. The molecule has 29 heavy (non-hydrogen) atoms. The fourth-order valence-electron chi connectivity index (χ4n) is 3.08. The fraction of sp³-hybridized carbons (Fsp3) is 0.348. The van der Waals surface area contributed by atoms with E-state index in [2.05, 4.69) is 5.32 Å². The molecule has 154 valence electrons. The summed E-state index contributed by atoms with van der Waals surface area (Å²) < 4.78 is 0. The first-order valence-electron chi connectivity index (χ1n) is 9.63. The second-order valence-corrected chi connectivity index (χ2v) is 7.64. The van der Waals surface area contributed by atoms with Crippen molar-refractivity contribution in [3.05, 3.63) is 65.2 Å². The van der Waals surface area contributed by atoms with Gasteiger partial charge in [-0.15, -0.1) is 0 Å². The molecule has 6 heteroatoms. The first kappa shape index (κ1) is 22.1. The van der Waals surface area contributed by atoms with Crippen LogP contribution in [-0.2, 0) is 16.0 Å². The van der Waals surface area contributed by atoms with Crippen LogP contribution in [0.2, 0.25) is 0 Å². The zero-order chi connectivity index (χ0) is 21.6. The van der Waals surface area contributed by atoms with Gasteiger partial charge in [0.2, 0.25) is 5.91 Å². The Balaban J connectivity index is 2.15. The Kier molecular flexibility index (Phi) is 7.53. The quantitative estimate of drug-likeness (QED) is 0.711. The molecule has 2 aromatic carbocycles. The van der Waals surface area contributed by atoms with Crippen LogP contribution in [-0.4, -0.2) is 40.9 Å². The zero-order valence-corrected chi connectivity index (χ0v) is 17.3. The maximum absolute atomic E-state index is 12.9. The van der Waals surface area contributed by atoms with Crippen molar-refractivity contribution in [1.82, 2.24) is 4.90 Å². The second kappa shape index (κ2) is 9.87. The molecule has 1 atom stereocenters. The molecule has 2 N–H and O–H groups in total. The van der Waals surface area contributed by atoms with E-state index in [0.717, 1.165) is 11.1 Å². The maximum atomic E-state index is 12.9. The molecular formula is C23H28N2O4. The van der Waals surface area contributed by atoms with Gasteiger partial charge in [0.25, 0.3) is 5.91 Å². The van der Waals surface area contributed by atoms with Gasteiger partial charge in [-0.1, -0.05) is 44.2 Å². The number of hydrogen-bond acceptors (Lipinski definition) is 3. The number of likely N-dealkylation sites (N-methyl/N-ethyl adjacent to an activating group) is 1. The van der Waals surface area contributed by atoms with Gasteiger partial charge in [-0.05, 0) is 42.2 Å². The van der Waals surface area contributed by atoms with E-state index in [0.29, 0.717) is 17.7 Å². The molecule has 0 heterocycles. The highest BCUT2D eigenvalue weighted by Crippen LogP contribution is 2.20. The van der Waals surface area contributed by atoms with Crippen molar-refractivity contribution in [2.45, 2.75) is 39.7 Å². The molecule has 0 bridgehead atoms. The predicted octanol–water partition coefficient (Wildman–Crippen LogP) is 3.75. The summed E-state index contributed by atoms with van der Waals surface area (Å²) in [4.78, 5) is 37.9. The highest BCUT2D eigenvalue weighted by atomic mass is 16.4. The number of nitrogens with zero attached hydrogens (tertiary/aromatic N) is 1. The minimum Gasteiger partial charge on any atom is -0.480 e. The lowest BCUT2D eigenvalue weighted by Crippen LogP contribution is -2.43. The van der Waals surface area contributed by atoms with Gasteiger partial charge in [-0.2, -0.15) is 0 Å². The smallest absolute Gasteiger partial charge is 0.326 e. The van der Waals surface area contributed by atoms with Gasteiger partial charge < -0.3 is 15.3 Å². The summed E-state index contributed by atoms with van der Waals surface area (Å²) >= 11 is 0. The molecule has 1 unspecified atom stereocenters. The number of amides is 2. The molecule has 2 aromatic rings. The molecule has 6 nitrogen and oxygen atoms in total. The number of benzene rings is 2. The third kappa shape index (κ3) is 6.17. The summed E-state index contributed by atoms with van der Waals surface area (Å²) in [5.41, 5.74) is 2.62. The molecule has 2 rings (SSSR count). The van der Waals surface area contributed by atoms with Gasteiger partial charge in [-0.25, -0.2) is 4.79 Å². The number of carbonyl (C=O) groups is 3. The van der Waals surface area contributed by atoms with Crippen LogP contribution >= 0.6 is 0 Å². The van der Waals surface area contributed by atoms with Gasteiger partial charge in [0, 0.05) is 31.1 Å². The average Bonchev–Trinajstić information content (AvgIpc) is 2.66. The lowest BCUT2D eigenvalue weighted by atomic mass is 10.0. The van der Waals surface area contributed by atoms with Crippen LogP contribution in [0.5, 0.6) is 0 Å². The maximum Gasteiger partial charge on any atom is 0.326 e. The summed E-state index contributed by atoms with van der Waals surface area (Å²) in [6.45, 7) is 5.75. The summed E-state index contributed by atoms with van der Waals surface area (Å²) in [6.07, 6.45) is 0.642. The van der Waals surface area contributed by atoms with Gasteiger partial charge in [0.05, 0.1) is 0 Å². The molecule has 0 aliphatic heterocycles. The number of rotatable bonds is 8. The fourth-order valence-corrected chi connectivity index (χ4v) is 3.08. The molecule has 0 radical (unpaired) electrons. The first-order chi connectivity index (χ1) is 13.7. The van der Waals surface area contributed by atoms with E-state index in [-0.39, 0.29) is 24.2 Å². The Hall–Kier alpha value is -3.15. The standard InChI is InChI=1S/C23H28N2O4/c1-15(2)12-21(26)24-19-11-10-18(13-16(19)3)22(27)25(4)20(23(28)29)14-17-8-6-5-7-9-17/h5-11,13,15,20H,12,14H2,1-4H3,(H,24,26)(H,28,29). The van der Waals surface area contributed by atoms with E-state index in [1.165, 1.54) is 11.9 Å². The van der Waals surface area contributed by atoms with Crippen LogP contribution in [0.4, 0.5) is 5.69 Å². The Morgan fingerprint density at radius 1 is 1.07 bits per heavy atom. The lowest BCUT2D eigenvalue weighted by molar-refractivity contribution is -0.141. The molecule has 2 amide bonds. The largest absolute Gasteiger partial charge is 0.480 e. The summed E-state index contributed by atoms with van der Waals surface area (Å²) in [7, 11) is 1.50. The zero-order valence-electron chi connectivity index (χ0n) is 17.3. The second-order valence-electron chi connectivity index (χ2n) is 7.64. The molecule has 0 aliphatic carbocycles. The Labute approximate surface area is 171 Å². The third-order valence-corrected chi connectivity index (χ3v) is 4.69. The molecule has 0 saturated carbocycles. The monoisotopic (exact) mass is 396 g/mol. The summed E-state index contributed by atoms with van der Waals surface area (Å²) in [6, 6.07) is 13.2. The van der Waals surface area contributed by atoms with Gasteiger partial charge in [-0.3, -0.25) is 9.59 Å². The Morgan fingerprint density at radius 2 is 1.72 bits per heavy atom. The minimum absolute atomic E-state index is 0.0758. The topological polar surface area (TPSA) is 86.7 Å². The molecular weight excluding hydrogens is 368 g/mol. The van der Waals surface area contributed by atoms with Crippen molar-refractivity contribution in [3.8, 4) is 0 Å². The average molecular weight is 396 g/mol. The highest BCUT2D eigenvalue weighted by molar-refractivity contribution is 5.98. The number of carboxylic acid groups (broad SMARTS) is 1. The highest BCUT2D eigenvalue weighted by Gasteiger charge is 2.27. The lowest BCUT2D eigenvalue weighted by Gasteiger charge is -2.25. The number of aryl methyl sites for hydroxylation is 1. The third-order valence-electron chi connectivity index (χ3n) is 4.69. The van der Waals surface area contributed by atoms with Crippen molar-refractivity contribution in [2.24, 2.45) is 5.92 Å². The van der Waals surface area contributed by atoms with Crippen LogP contribution in [0.1, 0.15) is 41.8 Å². The van der Waals surface area contributed by atoms with E-state index in [1.54, 1.807) is 25.1 Å². The van der Waals surface area contributed by atoms with Crippen molar-refractivity contribution in [3.63, 3.8) is 0 Å². The van der Waals surface area contributed by atoms with E-state index >= 15 is 0 Å². The Morgan fingerprint density at radius 3 is 2.28 bits per heavy atom. The van der Waals surface area contributed by atoms with E-state index < -0.39 is 12.0 Å². The molecule has 0 spiro atoms. The van der Waals surface area contributed by atoms with Gasteiger partial charge in [0.15, 0.2) is 0 Å². The van der Waals surface area contributed by atoms with Gasteiger partial charge >= 0.3 is 5.97 Å². The van der Waals surface area contributed by atoms with Crippen molar-refractivity contribution in [2.75, 3.05) is 12.4 Å². The number of carboxylic acids is 1. The van der Waals surface area contributed by atoms with Crippen LogP contribution in [0.25, 0.3) is 0 Å². The van der Waals surface area contributed by atoms with E-state index in [9.17, 15) is 19.5 Å². The van der Waals surface area contributed by atoms with Gasteiger partial charge in [0.1, 0.15) is 6.04 Å². The molecule has 0 aliphatic rings. The molecule has 0 aromatic heterocycles.